The molecule has 3 rings (SSSR count). The van der Waals surface area contributed by atoms with E-state index in [1.165, 1.54) is 13.3 Å². The molecule has 0 aliphatic rings. The molecule has 1 aromatic carbocycles. The molecule has 0 aliphatic heterocycles. The van der Waals surface area contributed by atoms with Gasteiger partial charge < -0.3 is 14.6 Å². The van der Waals surface area contributed by atoms with Crippen molar-refractivity contribution in [3.63, 3.8) is 0 Å². The van der Waals surface area contributed by atoms with Gasteiger partial charge >= 0.3 is 0 Å². The molecule has 2 heterocycles. The van der Waals surface area contributed by atoms with Gasteiger partial charge in [0.2, 0.25) is 23.5 Å². The van der Waals surface area contributed by atoms with Gasteiger partial charge in [-0.2, -0.15) is 4.98 Å². The maximum atomic E-state index is 12.0. The smallest absolute Gasteiger partial charge is 0.227 e. The number of carbonyl (C=O) groups excluding carboxylic acids is 1. The van der Waals surface area contributed by atoms with E-state index in [1.54, 1.807) is 36.4 Å². The van der Waals surface area contributed by atoms with E-state index in [0.29, 0.717) is 34.7 Å². The van der Waals surface area contributed by atoms with Crippen LogP contribution in [0, 0.1) is 0 Å². The summed E-state index contributed by atoms with van der Waals surface area (Å²) in [5.74, 6) is 1.18. The highest BCUT2D eigenvalue weighted by Crippen LogP contribution is 2.19. The third-order valence-electron chi connectivity index (χ3n) is 3.37. The Balaban J connectivity index is 1.54. The summed E-state index contributed by atoms with van der Waals surface area (Å²) in [6.45, 7) is 0. The second-order valence-corrected chi connectivity index (χ2v) is 5.59. The van der Waals surface area contributed by atoms with Crippen LogP contribution in [-0.2, 0) is 11.2 Å². The average molecular weight is 359 g/mol. The SMILES string of the molecule is COc1ccc(NC(=O)CCc2nc(-c3ccc(Cl)cc3)no2)cn1. The molecule has 0 saturated heterocycles. The van der Waals surface area contributed by atoms with Crippen molar-refractivity contribution >= 4 is 23.2 Å². The maximum absolute atomic E-state index is 12.0. The molecule has 0 spiro atoms. The van der Waals surface area contributed by atoms with Gasteiger partial charge in [-0.3, -0.25) is 4.79 Å². The number of pyridine rings is 1. The van der Waals surface area contributed by atoms with Crippen LogP contribution in [0.15, 0.2) is 47.1 Å². The summed E-state index contributed by atoms with van der Waals surface area (Å²) in [5.41, 5.74) is 1.39. The Morgan fingerprint density at radius 3 is 2.72 bits per heavy atom. The Morgan fingerprint density at radius 1 is 1.24 bits per heavy atom. The van der Waals surface area contributed by atoms with Gasteiger partial charge in [-0.25, -0.2) is 4.98 Å². The number of methoxy groups -OCH3 is 1. The number of ether oxygens (including phenoxy) is 1. The Morgan fingerprint density at radius 2 is 2.04 bits per heavy atom. The van der Waals surface area contributed by atoms with Gasteiger partial charge in [0, 0.05) is 29.5 Å². The summed E-state index contributed by atoms with van der Waals surface area (Å²) >= 11 is 5.85. The second-order valence-electron chi connectivity index (χ2n) is 5.16. The van der Waals surface area contributed by atoms with E-state index < -0.39 is 0 Å². The van der Waals surface area contributed by atoms with Gasteiger partial charge in [-0.15, -0.1) is 0 Å². The van der Waals surface area contributed by atoms with Crippen molar-refractivity contribution in [2.75, 3.05) is 12.4 Å². The number of benzene rings is 1. The van der Waals surface area contributed by atoms with Gasteiger partial charge in [0.15, 0.2) is 0 Å². The number of anilines is 1. The zero-order valence-corrected chi connectivity index (χ0v) is 14.2. The van der Waals surface area contributed by atoms with Crippen LogP contribution >= 0.6 is 11.6 Å². The molecular formula is C17H15ClN4O3. The lowest BCUT2D eigenvalue weighted by Crippen LogP contribution is -2.12. The molecule has 25 heavy (non-hydrogen) atoms. The molecule has 8 heteroatoms. The van der Waals surface area contributed by atoms with Gasteiger partial charge in [-0.1, -0.05) is 16.8 Å². The van der Waals surface area contributed by atoms with Crippen molar-refractivity contribution in [3.8, 4) is 17.3 Å². The number of halogens is 1. The van der Waals surface area contributed by atoms with Crippen LogP contribution in [0.25, 0.3) is 11.4 Å². The van der Waals surface area contributed by atoms with Crippen molar-refractivity contribution in [1.82, 2.24) is 15.1 Å². The van der Waals surface area contributed by atoms with E-state index in [-0.39, 0.29) is 12.3 Å². The highest BCUT2D eigenvalue weighted by atomic mass is 35.5. The van der Waals surface area contributed by atoms with Crippen molar-refractivity contribution in [1.29, 1.82) is 0 Å². The Bertz CT molecular complexity index is 847. The molecular weight excluding hydrogens is 344 g/mol. The lowest BCUT2D eigenvalue weighted by Gasteiger charge is -2.04. The third kappa shape index (κ3) is 4.54. The van der Waals surface area contributed by atoms with E-state index in [2.05, 4.69) is 20.4 Å². The van der Waals surface area contributed by atoms with E-state index in [4.69, 9.17) is 20.9 Å². The average Bonchev–Trinajstić information content (AvgIpc) is 3.10. The van der Waals surface area contributed by atoms with E-state index in [0.717, 1.165) is 5.56 Å². The van der Waals surface area contributed by atoms with Crippen molar-refractivity contribution in [2.24, 2.45) is 0 Å². The van der Waals surface area contributed by atoms with Crippen LogP contribution in [0.2, 0.25) is 5.02 Å². The first-order valence-corrected chi connectivity index (χ1v) is 7.90. The number of aryl methyl sites for hydroxylation is 1. The standard InChI is InChI=1S/C17H15ClN4O3/c1-24-15-8-6-13(10-19-15)20-14(23)7-9-16-21-17(22-25-16)11-2-4-12(18)5-3-11/h2-6,8,10H,7,9H2,1H3,(H,20,23). The molecule has 0 aliphatic carbocycles. The van der Waals surface area contributed by atoms with Gasteiger partial charge in [0.05, 0.1) is 19.0 Å². The van der Waals surface area contributed by atoms with Gasteiger partial charge in [0.25, 0.3) is 0 Å². The summed E-state index contributed by atoms with van der Waals surface area (Å²) in [6.07, 6.45) is 2.09. The summed E-state index contributed by atoms with van der Waals surface area (Å²) in [7, 11) is 1.53. The van der Waals surface area contributed by atoms with Crippen molar-refractivity contribution in [3.05, 3.63) is 53.5 Å². The molecule has 1 amide bonds. The number of amides is 1. The molecule has 2 aromatic heterocycles. The highest BCUT2D eigenvalue weighted by Gasteiger charge is 2.11. The topological polar surface area (TPSA) is 90.1 Å². The fraction of sp³-hybridized carbons (Fsp3) is 0.176. The Kier molecular flexibility index (Phi) is 5.25. The zero-order valence-electron chi connectivity index (χ0n) is 13.4. The summed E-state index contributed by atoms with van der Waals surface area (Å²) < 4.78 is 10.1. The lowest BCUT2D eigenvalue weighted by molar-refractivity contribution is -0.116. The molecule has 128 valence electrons. The molecule has 1 N–H and O–H groups in total. The Hall–Kier alpha value is -2.93. The van der Waals surface area contributed by atoms with Gasteiger partial charge in [-0.05, 0) is 30.3 Å². The lowest BCUT2D eigenvalue weighted by atomic mass is 10.2. The van der Waals surface area contributed by atoms with Crippen molar-refractivity contribution < 1.29 is 14.1 Å². The van der Waals surface area contributed by atoms with E-state index >= 15 is 0 Å². The quantitative estimate of drug-likeness (QED) is 0.726. The number of nitrogens with one attached hydrogen (secondary N) is 1. The van der Waals surface area contributed by atoms with Gasteiger partial charge in [0.1, 0.15) is 0 Å². The monoisotopic (exact) mass is 358 g/mol. The number of nitrogens with zero attached hydrogens (tertiary/aromatic N) is 3. The van der Waals surface area contributed by atoms with Crippen LogP contribution in [-0.4, -0.2) is 28.1 Å². The van der Waals surface area contributed by atoms with Crippen molar-refractivity contribution in [2.45, 2.75) is 12.8 Å². The first-order valence-electron chi connectivity index (χ1n) is 7.52. The summed E-state index contributed by atoms with van der Waals surface area (Å²) in [6, 6.07) is 10.5. The first kappa shape index (κ1) is 16.9. The van der Waals surface area contributed by atoms with E-state index in [1.807, 2.05) is 0 Å². The first-order chi connectivity index (χ1) is 12.1. The van der Waals surface area contributed by atoms with Crippen LogP contribution in [0.4, 0.5) is 5.69 Å². The van der Waals surface area contributed by atoms with Crippen LogP contribution in [0.5, 0.6) is 5.88 Å². The highest BCUT2D eigenvalue weighted by molar-refractivity contribution is 6.30. The zero-order chi connectivity index (χ0) is 17.6. The summed E-state index contributed by atoms with van der Waals surface area (Å²) in [4.78, 5) is 20.3. The third-order valence-corrected chi connectivity index (χ3v) is 3.62. The molecule has 3 aromatic rings. The Labute approximate surface area is 149 Å². The normalized spacial score (nSPS) is 10.5. The second kappa shape index (κ2) is 7.76. The molecule has 0 saturated carbocycles. The molecule has 0 fully saturated rings. The minimum absolute atomic E-state index is 0.168. The molecule has 0 radical (unpaired) electrons. The van der Waals surface area contributed by atoms with E-state index in [9.17, 15) is 4.79 Å². The molecule has 7 nitrogen and oxygen atoms in total. The predicted molar refractivity (Wildman–Crippen MR) is 92.5 cm³/mol. The summed E-state index contributed by atoms with van der Waals surface area (Å²) in [5, 5.41) is 7.30. The predicted octanol–water partition coefficient (Wildman–Crippen LogP) is 3.36. The number of rotatable bonds is 6. The molecule has 0 bridgehead atoms. The minimum atomic E-state index is -0.168. The van der Waals surface area contributed by atoms with Crippen LogP contribution in [0.3, 0.4) is 0 Å². The number of aromatic nitrogens is 3. The maximum Gasteiger partial charge on any atom is 0.227 e. The number of carbonyl (C=O) groups is 1. The minimum Gasteiger partial charge on any atom is -0.481 e. The largest absolute Gasteiger partial charge is 0.481 e. The molecule has 0 unspecified atom stereocenters. The van der Waals surface area contributed by atoms with Crippen LogP contribution in [0.1, 0.15) is 12.3 Å². The number of hydrogen-bond donors (Lipinski definition) is 1. The fourth-order valence-electron chi connectivity index (χ4n) is 2.09. The van der Waals surface area contributed by atoms with Crippen LogP contribution < -0.4 is 10.1 Å². The fourth-order valence-corrected chi connectivity index (χ4v) is 2.22. The number of hydrogen-bond acceptors (Lipinski definition) is 6. The molecule has 0 atom stereocenters.